The molecule has 0 saturated heterocycles. The number of nitrogens with zero attached hydrogens (tertiary/aromatic N) is 3. The number of rotatable bonds is 5. The van der Waals surface area contributed by atoms with Crippen LogP contribution in [-0.4, -0.2) is 21.5 Å². The maximum Gasteiger partial charge on any atom is 0.417 e. The third-order valence-corrected chi connectivity index (χ3v) is 4.57. The fourth-order valence-corrected chi connectivity index (χ4v) is 2.96. The summed E-state index contributed by atoms with van der Waals surface area (Å²) in [6, 6.07) is 6.95. The molecule has 0 bridgehead atoms. The Balaban J connectivity index is 1.74. The Hall–Kier alpha value is -3.89. The summed E-state index contributed by atoms with van der Waals surface area (Å²) in [6.45, 7) is -0.272. The molecule has 0 aliphatic heterocycles. The van der Waals surface area contributed by atoms with E-state index in [2.05, 4.69) is 20.3 Å². The molecule has 0 spiro atoms. The molecule has 4 aromatic rings. The second-order valence-electron chi connectivity index (χ2n) is 6.73. The summed E-state index contributed by atoms with van der Waals surface area (Å²) in [5, 5.41) is 2.94. The van der Waals surface area contributed by atoms with E-state index in [1.54, 1.807) is 25.1 Å². The topological polar surface area (TPSA) is 87.1 Å². The minimum absolute atomic E-state index is 0.0182. The SMILES string of the molecule is Cc1cnc(N(c2ccc(C)c(F)c2F)C(F)F)nc1Nc1ccc2oc(=O)[nH]c2c1. The number of hydrogen-bond acceptors (Lipinski definition) is 6. The normalized spacial score (nSPS) is 11.3. The van der Waals surface area contributed by atoms with Crippen LogP contribution in [0.3, 0.4) is 0 Å². The van der Waals surface area contributed by atoms with E-state index in [4.69, 9.17) is 4.42 Å². The third kappa shape index (κ3) is 3.81. The van der Waals surface area contributed by atoms with Gasteiger partial charge in [-0.1, -0.05) is 6.07 Å². The first kappa shape index (κ1) is 20.4. The molecule has 7 nitrogen and oxygen atoms in total. The van der Waals surface area contributed by atoms with E-state index in [0.717, 1.165) is 6.07 Å². The minimum atomic E-state index is -3.24. The van der Waals surface area contributed by atoms with Gasteiger partial charge in [0.15, 0.2) is 17.2 Å². The van der Waals surface area contributed by atoms with Crippen molar-refractivity contribution in [3.63, 3.8) is 0 Å². The van der Waals surface area contributed by atoms with Crippen LogP contribution in [0.1, 0.15) is 11.1 Å². The van der Waals surface area contributed by atoms with Gasteiger partial charge in [0.05, 0.1) is 11.2 Å². The lowest BCUT2D eigenvalue weighted by Crippen LogP contribution is -2.27. The Morgan fingerprint density at radius 1 is 1.10 bits per heavy atom. The Morgan fingerprint density at radius 2 is 1.87 bits per heavy atom. The summed E-state index contributed by atoms with van der Waals surface area (Å²) in [5.74, 6) is -3.63. The number of alkyl halides is 2. The molecule has 0 radical (unpaired) electrons. The van der Waals surface area contributed by atoms with E-state index in [-0.39, 0.29) is 16.3 Å². The summed E-state index contributed by atoms with van der Waals surface area (Å²) in [5.41, 5.74) is 1.05. The molecular weight excluding hydrogens is 418 g/mol. The molecule has 0 amide bonds. The number of H-pyrrole nitrogens is 1. The molecule has 11 heteroatoms. The number of hydrogen-bond donors (Lipinski definition) is 2. The molecule has 2 N–H and O–H groups in total. The van der Waals surface area contributed by atoms with E-state index in [1.165, 1.54) is 19.2 Å². The monoisotopic (exact) mass is 433 g/mol. The minimum Gasteiger partial charge on any atom is -0.408 e. The molecule has 0 saturated carbocycles. The van der Waals surface area contributed by atoms with Crippen molar-refractivity contribution in [3.05, 3.63) is 69.8 Å². The largest absolute Gasteiger partial charge is 0.417 e. The van der Waals surface area contributed by atoms with Crippen LogP contribution in [0, 0.1) is 25.5 Å². The highest BCUT2D eigenvalue weighted by molar-refractivity contribution is 5.78. The molecule has 0 aliphatic rings. The Bertz CT molecular complexity index is 1340. The first-order valence-electron chi connectivity index (χ1n) is 9.00. The van der Waals surface area contributed by atoms with Gasteiger partial charge in [0.25, 0.3) is 0 Å². The van der Waals surface area contributed by atoms with Crippen molar-refractivity contribution in [2.24, 2.45) is 0 Å². The maximum absolute atomic E-state index is 14.4. The van der Waals surface area contributed by atoms with Gasteiger partial charge in [-0.25, -0.2) is 23.5 Å². The van der Waals surface area contributed by atoms with Crippen molar-refractivity contribution in [1.29, 1.82) is 0 Å². The van der Waals surface area contributed by atoms with Crippen LogP contribution in [0.2, 0.25) is 0 Å². The van der Waals surface area contributed by atoms with Crippen molar-refractivity contribution in [2.45, 2.75) is 20.4 Å². The zero-order chi connectivity index (χ0) is 22.3. The van der Waals surface area contributed by atoms with Gasteiger partial charge in [0, 0.05) is 17.4 Å². The predicted octanol–water partition coefficient (Wildman–Crippen LogP) is 4.91. The standard InChI is InChI=1S/C20H15F4N5O2/c1-9-3-5-13(16(22)15(9)21)29(18(23)24)19-25-8-10(2)17(28-19)26-11-4-6-14-12(7-11)27-20(30)31-14/h3-8,18H,1-2H3,(H,27,30)(H,25,26,28). The first-order valence-corrected chi connectivity index (χ1v) is 9.00. The Morgan fingerprint density at radius 3 is 2.61 bits per heavy atom. The molecule has 0 unspecified atom stereocenters. The van der Waals surface area contributed by atoms with E-state index in [0.29, 0.717) is 22.4 Å². The van der Waals surface area contributed by atoms with Gasteiger partial charge < -0.3 is 9.73 Å². The lowest BCUT2D eigenvalue weighted by Gasteiger charge is -2.23. The zero-order valence-electron chi connectivity index (χ0n) is 16.2. The van der Waals surface area contributed by atoms with Crippen molar-refractivity contribution in [2.75, 3.05) is 10.2 Å². The summed E-state index contributed by atoms with van der Waals surface area (Å²) < 4.78 is 60.9. The van der Waals surface area contributed by atoms with Crippen LogP contribution in [0.5, 0.6) is 0 Å². The molecule has 2 aromatic carbocycles. The highest BCUT2D eigenvalue weighted by Gasteiger charge is 2.27. The van der Waals surface area contributed by atoms with E-state index < -0.39 is 35.6 Å². The number of fused-ring (bicyclic) bond motifs is 1. The van der Waals surface area contributed by atoms with Gasteiger partial charge in [0.2, 0.25) is 5.95 Å². The lowest BCUT2D eigenvalue weighted by atomic mass is 10.2. The molecule has 2 aromatic heterocycles. The number of anilines is 4. The Kier molecular flexibility index (Phi) is 5.09. The van der Waals surface area contributed by atoms with Crippen LogP contribution < -0.4 is 16.0 Å². The summed E-state index contributed by atoms with van der Waals surface area (Å²) in [6.07, 6.45) is 1.28. The van der Waals surface area contributed by atoms with Crippen LogP contribution in [0.25, 0.3) is 11.1 Å². The average Bonchev–Trinajstić information content (AvgIpc) is 3.09. The number of aromatic nitrogens is 3. The quantitative estimate of drug-likeness (QED) is 0.344. The van der Waals surface area contributed by atoms with Gasteiger partial charge in [-0.05, 0) is 43.7 Å². The number of aryl methyl sites for hydroxylation is 2. The molecule has 31 heavy (non-hydrogen) atoms. The van der Waals surface area contributed by atoms with Crippen LogP contribution in [-0.2, 0) is 0 Å². The van der Waals surface area contributed by atoms with Crippen molar-refractivity contribution >= 4 is 34.2 Å². The van der Waals surface area contributed by atoms with Gasteiger partial charge >= 0.3 is 12.3 Å². The highest BCUT2D eigenvalue weighted by atomic mass is 19.3. The number of nitrogens with one attached hydrogen (secondary N) is 2. The smallest absolute Gasteiger partial charge is 0.408 e. The molecule has 0 fully saturated rings. The van der Waals surface area contributed by atoms with Crippen molar-refractivity contribution < 1.29 is 22.0 Å². The number of oxazole rings is 1. The van der Waals surface area contributed by atoms with E-state index >= 15 is 0 Å². The Labute approximate surface area is 172 Å². The zero-order valence-corrected chi connectivity index (χ0v) is 16.2. The predicted molar refractivity (Wildman–Crippen MR) is 106 cm³/mol. The van der Waals surface area contributed by atoms with Gasteiger partial charge in [-0.2, -0.15) is 13.8 Å². The third-order valence-electron chi connectivity index (χ3n) is 4.57. The van der Waals surface area contributed by atoms with E-state index in [1.807, 2.05) is 0 Å². The van der Waals surface area contributed by atoms with Crippen LogP contribution in [0.4, 0.5) is 40.7 Å². The lowest BCUT2D eigenvalue weighted by molar-refractivity contribution is 0.153. The van der Waals surface area contributed by atoms with Gasteiger partial charge in [-0.3, -0.25) is 4.98 Å². The average molecular weight is 433 g/mol. The fraction of sp³-hybridized carbons (Fsp3) is 0.150. The number of aromatic amines is 1. The molecule has 4 rings (SSSR count). The van der Waals surface area contributed by atoms with E-state index in [9.17, 15) is 22.4 Å². The molecular formula is C20H15F4N5O2. The van der Waals surface area contributed by atoms with Crippen molar-refractivity contribution in [1.82, 2.24) is 15.0 Å². The second-order valence-corrected chi connectivity index (χ2v) is 6.73. The van der Waals surface area contributed by atoms with Gasteiger partial charge in [-0.15, -0.1) is 0 Å². The summed E-state index contributed by atoms with van der Waals surface area (Å²) >= 11 is 0. The second kappa shape index (κ2) is 7.74. The highest BCUT2D eigenvalue weighted by Crippen LogP contribution is 2.32. The van der Waals surface area contributed by atoms with Crippen LogP contribution >= 0.6 is 0 Å². The maximum atomic E-state index is 14.4. The van der Waals surface area contributed by atoms with Gasteiger partial charge in [0.1, 0.15) is 5.82 Å². The number of halogens is 4. The first-order chi connectivity index (χ1) is 14.7. The number of benzene rings is 2. The molecule has 0 atom stereocenters. The molecule has 160 valence electrons. The fourth-order valence-electron chi connectivity index (χ4n) is 2.96. The summed E-state index contributed by atoms with van der Waals surface area (Å²) in [7, 11) is 0. The molecule has 0 aliphatic carbocycles. The molecule has 2 heterocycles. The van der Waals surface area contributed by atoms with Crippen molar-refractivity contribution in [3.8, 4) is 0 Å². The summed E-state index contributed by atoms with van der Waals surface area (Å²) in [4.78, 5) is 22.0. The van der Waals surface area contributed by atoms with Crippen LogP contribution in [0.15, 0.2) is 45.7 Å².